The molecule has 0 unspecified atom stereocenters. The van der Waals surface area contributed by atoms with Crippen LogP contribution in [-0.4, -0.2) is 27.2 Å². The van der Waals surface area contributed by atoms with Crippen LogP contribution in [0.15, 0.2) is 35.4 Å². The molecule has 0 fully saturated rings. The van der Waals surface area contributed by atoms with Crippen LogP contribution in [-0.2, 0) is 6.54 Å². The fourth-order valence-electron chi connectivity index (χ4n) is 2.32. The van der Waals surface area contributed by atoms with Gasteiger partial charge in [-0.3, -0.25) is 9.36 Å². The number of benzene rings is 1. The Balaban J connectivity index is 1.81. The predicted octanol–water partition coefficient (Wildman–Crippen LogP) is 3.20. The topological polar surface area (TPSA) is 81.4 Å². The highest BCUT2D eigenvalue weighted by molar-refractivity contribution is 7.20. The van der Waals surface area contributed by atoms with Gasteiger partial charge in [-0.05, 0) is 36.8 Å². The van der Waals surface area contributed by atoms with Gasteiger partial charge < -0.3 is 9.84 Å². The van der Waals surface area contributed by atoms with Gasteiger partial charge in [0.05, 0.1) is 18.3 Å². The molecule has 0 saturated heterocycles. The largest absolute Gasteiger partial charge is 0.492 e. The average Bonchev–Trinajstić information content (AvgIpc) is 2.89. The lowest BCUT2D eigenvalue weighted by Crippen LogP contribution is -2.23. The summed E-state index contributed by atoms with van der Waals surface area (Å²) in [6.45, 7) is 2.21. The number of carboxylic acids is 1. The van der Waals surface area contributed by atoms with E-state index in [1.165, 1.54) is 10.9 Å². The maximum atomic E-state index is 12.5. The van der Waals surface area contributed by atoms with Gasteiger partial charge in [0.15, 0.2) is 0 Å². The number of fused-ring (bicyclic) bond motifs is 1. The molecule has 3 aromatic rings. The van der Waals surface area contributed by atoms with E-state index < -0.39 is 5.97 Å². The van der Waals surface area contributed by atoms with E-state index in [0.29, 0.717) is 33.1 Å². The Morgan fingerprint density at radius 2 is 2.08 bits per heavy atom. The van der Waals surface area contributed by atoms with E-state index in [1.807, 2.05) is 0 Å². The van der Waals surface area contributed by atoms with E-state index >= 15 is 0 Å². The molecule has 2 heterocycles. The zero-order valence-corrected chi connectivity index (χ0v) is 14.2. The van der Waals surface area contributed by atoms with Crippen LogP contribution >= 0.6 is 22.9 Å². The number of hydrogen-bond acceptors (Lipinski definition) is 5. The Morgan fingerprint density at radius 1 is 1.38 bits per heavy atom. The van der Waals surface area contributed by atoms with Gasteiger partial charge in [0.1, 0.15) is 22.1 Å². The van der Waals surface area contributed by atoms with Crippen LogP contribution in [0.25, 0.3) is 10.2 Å². The lowest BCUT2D eigenvalue weighted by molar-refractivity contribution is 0.0701. The molecule has 0 radical (unpaired) electrons. The Kier molecular flexibility index (Phi) is 4.55. The maximum Gasteiger partial charge on any atom is 0.346 e. The van der Waals surface area contributed by atoms with Crippen LogP contribution in [0.1, 0.15) is 15.2 Å². The van der Waals surface area contributed by atoms with E-state index in [1.54, 1.807) is 31.2 Å². The van der Waals surface area contributed by atoms with E-state index in [0.717, 1.165) is 11.3 Å². The number of carboxylic acid groups (broad SMARTS) is 1. The molecule has 24 heavy (non-hydrogen) atoms. The van der Waals surface area contributed by atoms with Crippen molar-refractivity contribution in [2.75, 3.05) is 6.61 Å². The van der Waals surface area contributed by atoms with Gasteiger partial charge >= 0.3 is 5.97 Å². The average molecular weight is 365 g/mol. The third kappa shape index (κ3) is 3.13. The highest BCUT2D eigenvalue weighted by atomic mass is 35.5. The van der Waals surface area contributed by atoms with Crippen LogP contribution in [0.2, 0.25) is 5.02 Å². The Labute approximate surface area is 145 Å². The van der Waals surface area contributed by atoms with Crippen molar-refractivity contribution in [2.45, 2.75) is 13.5 Å². The van der Waals surface area contributed by atoms with E-state index in [-0.39, 0.29) is 17.0 Å². The summed E-state index contributed by atoms with van der Waals surface area (Å²) in [7, 11) is 0. The smallest absolute Gasteiger partial charge is 0.346 e. The molecule has 1 N–H and O–H groups in total. The molecule has 8 heteroatoms. The van der Waals surface area contributed by atoms with E-state index in [2.05, 4.69) is 4.98 Å². The number of halogens is 1. The van der Waals surface area contributed by atoms with Crippen LogP contribution in [0.3, 0.4) is 0 Å². The highest BCUT2D eigenvalue weighted by Gasteiger charge is 2.18. The number of aryl methyl sites for hydroxylation is 1. The van der Waals surface area contributed by atoms with Crippen molar-refractivity contribution in [1.29, 1.82) is 0 Å². The molecule has 0 atom stereocenters. The van der Waals surface area contributed by atoms with Gasteiger partial charge in [-0.1, -0.05) is 11.6 Å². The molecule has 0 amide bonds. The second-order valence-electron chi connectivity index (χ2n) is 5.09. The zero-order chi connectivity index (χ0) is 17.3. The second kappa shape index (κ2) is 6.62. The molecular weight excluding hydrogens is 352 g/mol. The van der Waals surface area contributed by atoms with Gasteiger partial charge in [-0.15, -0.1) is 11.3 Å². The number of hydrogen-bond donors (Lipinski definition) is 1. The van der Waals surface area contributed by atoms with E-state index in [4.69, 9.17) is 21.4 Å². The van der Waals surface area contributed by atoms with Crippen LogP contribution in [0.5, 0.6) is 5.75 Å². The minimum Gasteiger partial charge on any atom is -0.492 e. The fourth-order valence-corrected chi connectivity index (χ4v) is 3.42. The minimum absolute atomic E-state index is 0.143. The molecule has 0 spiro atoms. The molecule has 0 aliphatic rings. The third-order valence-corrected chi connectivity index (χ3v) is 4.97. The predicted molar refractivity (Wildman–Crippen MR) is 92.5 cm³/mol. The quantitative estimate of drug-likeness (QED) is 0.751. The molecule has 0 bridgehead atoms. The van der Waals surface area contributed by atoms with Crippen LogP contribution in [0, 0.1) is 6.92 Å². The number of ether oxygens (including phenoxy) is 1. The van der Waals surface area contributed by atoms with Gasteiger partial charge in [-0.25, -0.2) is 9.78 Å². The summed E-state index contributed by atoms with van der Waals surface area (Å²) in [5.74, 6) is -0.395. The van der Waals surface area contributed by atoms with Gasteiger partial charge in [0.2, 0.25) is 0 Å². The number of carbonyl (C=O) groups is 1. The SMILES string of the molecule is Cc1c(C(=O)O)sc2ncn(CCOc3ccc(Cl)cc3)c(=O)c12. The molecule has 0 saturated carbocycles. The Hall–Kier alpha value is -2.38. The molecule has 0 aliphatic heterocycles. The number of aromatic nitrogens is 2. The zero-order valence-electron chi connectivity index (χ0n) is 12.7. The summed E-state index contributed by atoms with van der Waals surface area (Å²) in [6, 6.07) is 6.93. The number of nitrogens with zero attached hydrogens (tertiary/aromatic N) is 2. The third-order valence-electron chi connectivity index (χ3n) is 3.53. The Morgan fingerprint density at radius 3 is 2.75 bits per heavy atom. The highest BCUT2D eigenvalue weighted by Crippen LogP contribution is 2.26. The van der Waals surface area contributed by atoms with Crippen LogP contribution < -0.4 is 10.3 Å². The first-order chi connectivity index (χ1) is 11.5. The molecular formula is C16H13ClN2O4S. The monoisotopic (exact) mass is 364 g/mol. The first-order valence-corrected chi connectivity index (χ1v) is 8.27. The molecule has 124 valence electrons. The lowest BCUT2D eigenvalue weighted by Gasteiger charge is -2.08. The van der Waals surface area contributed by atoms with Crippen molar-refractivity contribution < 1.29 is 14.6 Å². The number of rotatable bonds is 5. The number of thiophene rings is 1. The van der Waals surface area contributed by atoms with E-state index in [9.17, 15) is 9.59 Å². The normalized spacial score (nSPS) is 10.9. The van der Waals surface area contributed by atoms with Gasteiger partial charge in [0.25, 0.3) is 5.56 Å². The van der Waals surface area contributed by atoms with Crippen molar-refractivity contribution in [3.8, 4) is 5.75 Å². The molecule has 6 nitrogen and oxygen atoms in total. The fraction of sp³-hybridized carbons (Fsp3) is 0.188. The summed E-state index contributed by atoms with van der Waals surface area (Å²) < 4.78 is 6.99. The lowest BCUT2D eigenvalue weighted by atomic mass is 10.2. The van der Waals surface area contributed by atoms with Gasteiger partial charge in [0, 0.05) is 5.02 Å². The molecule has 0 aliphatic carbocycles. The van der Waals surface area contributed by atoms with Crippen molar-refractivity contribution in [2.24, 2.45) is 0 Å². The minimum atomic E-state index is -1.05. The summed E-state index contributed by atoms with van der Waals surface area (Å²) in [4.78, 5) is 28.5. The standard InChI is InChI=1S/C16H13ClN2O4S/c1-9-12-14(24-13(9)16(21)22)18-8-19(15(12)20)6-7-23-11-4-2-10(17)3-5-11/h2-5,8H,6-7H2,1H3,(H,21,22). The second-order valence-corrected chi connectivity index (χ2v) is 6.52. The molecule has 3 rings (SSSR count). The molecule has 2 aromatic heterocycles. The summed E-state index contributed by atoms with van der Waals surface area (Å²) in [6.07, 6.45) is 1.41. The number of aromatic carboxylic acids is 1. The van der Waals surface area contributed by atoms with Gasteiger partial charge in [-0.2, -0.15) is 0 Å². The van der Waals surface area contributed by atoms with Crippen LogP contribution in [0.4, 0.5) is 0 Å². The Bertz CT molecular complexity index is 963. The van der Waals surface area contributed by atoms with Crippen molar-refractivity contribution in [3.63, 3.8) is 0 Å². The molecule has 1 aromatic carbocycles. The van der Waals surface area contributed by atoms with Crippen molar-refractivity contribution >= 4 is 39.1 Å². The maximum absolute atomic E-state index is 12.5. The first kappa shape index (κ1) is 16.5. The van der Waals surface area contributed by atoms with Crippen molar-refractivity contribution in [3.05, 3.63) is 56.4 Å². The summed E-state index contributed by atoms with van der Waals surface area (Å²) in [5, 5.41) is 10.1. The van der Waals surface area contributed by atoms with Crippen molar-refractivity contribution in [1.82, 2.24) is 9.55 Å². The first-order valence-electron chi connectivity index (χ1n) is 7.07. The summed E-state index contributed by atoms with van der Waals surface area (Å²) in [5.41, 5.74) is 0.189. The summed E-state index contributed by atoms with van der Waals surface area (Å²) >= 11 is 6.82.